The van der Waals surface area contributed by atoms with Gasteiger partial charge in [0.25, 0.3) is 0 Å². The molecule has 1 aliphatic rings. The number of aliphatic imine (C=N–C) groups is 1. The molecule has 126 valence electrons. The van der Waals surface area contributed by atoms with Crippen LogP contribution in [0.2, 0.25) is 0 Å². The highest BCUT2D eigenvalue weighted by atomic mass is 16.5. The van der Waals surface area contributed by atoms with E-state index < -0.39 is 0 Å². The third-order valence-corrected chi connectivity index (χ3v) is 4.45. The average Bonchev–Trinajstić information content (AvgIpc) is 2.99. The zero-order valence-electron chi connectivity index (χ0n) is 14.2. The van der Waals surface area contributed by atoms with Crippen LogP contribution in [0.3, 0.4) is 0 Å². The molecule has 6 heteroatoms. The van der Waals surface area contributed by atoms with E-state index in [1.165, 1.54) is 7.11 Å². The lowest BCUT2D eigenvalue weighted by molar-refractivity contribution is 0.358. The molecule has 2 heterocycles. The van der Waals surface area contributed by atoms with E-state index in [9.17, 15) is 4.79 Å². The summed E-state index contributed by atoms with van der Waals surface area (Å²) >= 11 is 0. The smallest absolute Gasteiger partial charge is 0.350 e. The van der Waals surface area contributed by atoms with Gasteiger partial charge in [0.2, 0.25) is 0 Å². The molecule has 0 saturated carbocycles. The van der Waals surface area contributed by atoms with Crippen LogP contribution in [-0.2, 0) is 0 Å². The summed E-state index contributed by atoms with van der Waals surface area (Å²) in [7, 11) is 3.09. The summed E-state index contributed by atoms with van der Waals surface area (Å²) in [4.78, 5) is 21.7. The molecule has 25 heavy (non-hydrogen) atoms. The molecular weight excluding hydrogens is 318 g/mol. The van der Waals surface area contributed by atoms with Gasteiger partial charge >= 0.3 is 5.69 Å². The lowest BCUT2D eigenvalue weighted by Crippen LogP contribution is -2.28. The van der Waals surface area contributed by atoms with Crippen LogP contribution in [0.1, 0.15) is 18.5 Å². The van der Waals surface area contributed by atoms with Gasteiger partial charge in [-0.05, 0) is 24.6 Å². The highest BCUT2D eigenvalue weighted by Gasteiger charge is 2.29. The Labute approximate surface area is 144 Å². The molecule has 1 atom stereocenters. The van der Waals surface area contributed by atoms with Crippen LogP contribution in [0.25, 0.3) is 10.9 Å². The Morgan fingerprint density at radius 3 is 2.48 bits per heavy atom. The summed E-state index contributed by atoms with van der Waals surface area (Å²) in [6.45, 7) is 1.93. The minimum absolute atomic E-state index is 0.242. The Kier molecular flexibility index (Phi) is 3.53. The molecule has 0 fully saturated rings. The molecule has 1 aliphatic heterocycles. The van der Waals surface area contributed by atoms with Crippen molar-refractivity contribution in [3.05, 3.63) is 58.5 Å². The van der Waals surface area contributed by atoms with Gasteiger partial charge < -0.3 is 9.47 Å². The molecule has 3 aromatic rings. The van der Waals surface area contributed by atoms with Crippen LogP contribution in [-0.4, -0.2) is 29.5 Å². The molecule has 4 rings (SSSR count). The van der Waals surface area contributed by atoms with Crippen LogP contribution in [0, 0.1) is 0 Å². The fraction of sp³-hybridized carbons (Fsp3) is 0.211. The summed E-state index contributed by atoms with van der Waals surface area (Å²) in [5.74, 6) is 1.57. The predicted molar refractivity (Wildman–Crippen MR) is 96.5 cm³/mol. The van der Waals surface area contributed by atoms with Crippen LogP contribution >= 0.6 is 0 Å². The highest BCUT2D eigenvalue weighted by Crippen LogP contribution is 2.40. The van der Waals surface area contributed by atoms with Crippen LogP contribution < -0.4 is 15.2 Å². The van der Waals surface area contributed by atoms with Gasteiger partial charge in [-0.25, -0.2) is 9.79 Å². The van der Waals surface area contributed by atoms with E-state index in [1.54, 1.807) is 17.7 Å². The van der Waals surface area contributed by atoms with Gasteiger partial charge in [-0.2, -0.15) is 4.98 Å². The molecule has 2 aromatic carbocycles. The third-order valence-electron chi connectivity index (χ3n) is 4.45. The van der Waals surface area contributed by atoms with Crippen molar-refractivity contribution in [2.75, 3.05) is 14.2 Å². The average molecular weight is 335 g/mol. The zero-order valence-corrected chi connectivity index (χ0v) is 14.2. The van der Waals surface area contributed by atoms with Crippen molar-refractivity contribution in [3.8, 4) is 11.5 Å². The number of benzene rings is 2. The molecule has 6 nitrogen and oxygen atoms in total. The van der Waals surface area contributed by atoms with E-state index in [0.717, 1.165) is 16.7 Å². The van der Waals surface area contributed by atoms with Gasteiger partial charge in [-0.1, -0.05) is 30.3 Å². The highest BCUT2D eigenvalue weighted by molar-refractivity contribution is 6.01. The maximum atomic E-state index is 12.8. The Bertz CT molecular complexity index is 1050. The van der Waals surface area contributed by atoms with E-state index in [0.29, 0.717) is 22.8 Å². The standard InChI is InChI=1S/C19H17N3O3/c1-11-16(12-7-5-4-6-8-12)22-18(20-11)13-9-10-14(24-2)17(25-3)15(13)21-19(22)23/h4-10,16H,1-3H3. The van der Waals surface area contributed by atoms with E-state index in [-0.39, 0.29) is 11.7 Å². The van der Waals surface area contributed by atoms with E-state index in [1.807, 2.05) is 43.3 Å². The van der Waals surface area contributed by atoms with Gasteiger partial charge in [0.05, 0.1) is 14.2 Å². The van der Waals surface area contributed by atoms with Crippen LogP contribution in [0.15, 0.2) is 52.3 Å². The van der Waals surface area contributed by atoms with Crippen molar-refractivity contribution >= 4 is 22.4 Å². The van der Waals surface area contributed by atoms with Crippen molar-refractivity contribution in [1.29, 1.82) is 0 Å². The number of ether oxygens (including phenoxy) is 2. The van der Waals surface area contributed by atoms with Gasteiger partial charge in [0.1, 0.15) is 17.4 Å². The first-order chi connectivity index (χ1) is 12.2. The lowest BCUT2D eigenvalue weighted by Gasteiger charge is -2.16. The summed E-state index contributed by atoms with van der Waals surface area (Å²) in [6, 6.07) is 13.3. The van der Waals surface area contributed by atoms with Crippen molar-refractivity contribution in [2.45, 2.75) is 13.0 Å². The number of rotatable bonds is 3. The number of aromatic nitrogens is 2. The molecule has 1 unspecified atom stereocenters. The number of nitrogens with zero attached hydrogens (tertiary/aromatic N) is 3. The minimum Gasteiger partial charge on any atom is -0.493 e. The SMILES string of the molecule is COc1ccc2c3n(c(=O)nc2c1OC)C(c1ccccc1)C(C)=N3. The number of fused-ring (bicyclic) bond motifs is 3. The van der Waals surface area contributed by atoms with Crippen molar-refractivity contribution in [2.24, 2.45) is 4.99 Å². The fourth-order valence-corrected chi connectivity index (χ4v) is 3.36. The summed E-state index contributed by atoms with van der Waals surface area (Å²) in [5.41, 5.74) is 1.96. The molecule has 0 N–H and O–H groups in total. The first-order valence-corrected chi connectivity index (χ1v) is 7.93. The molecule has 0 amide bonds. The molecule has 0 spiro atoms. The summed E-state index contributed by atoms with van der Waals surface area (Å²) in [5, 5.41) is 0.759. The lowest BCUT2D eigenvalue weighted by atomic mass is 10.0. The Morgan fingerprint density at radius 2 is 1.80 bits per heavy atom. The third kappa shape index (κ3) is 2.21. The molecule has 0 radical (unpaired) electrons. The first kappa shape index (κ1) is 15.4. The maximum absolute atomic E-state index is 12.8. The quantitative estimate of drug-likeness (QED) is 0.738. The van der Waals surface area contributed by atoms with E-state index in [2.05, 4.69) is 9.98 Å². The first-order valence-electron chi connectivity index (χ1n) is 7.93. The largest absolute Gasteiger partial charge is 0.493 e. The number of methoxy groups -OCH3 is 2. The Morgan fingerprint density at radius 1 is 1.04 bits per heavy atom. The molecule has 1 aromatic heterocycles. The summed E-state index contributed by atoms with van der Waals surface area (Å²) < 4.78 is 12.4. The molecule has 0 saturated heterocycles. The van der Waals surface area contributed by atoms with Gasteiger partial charge in [0.15, 0.2) is 11.5 Å². The van der Waals surface area contributed by atoms with Gasteiger partial charge in [-0.15, -0.1) is 0 Å². The fourth-order valence-electron chi connectivity index (χ4n) is 3.36. The van der Waals surface area contributed by atoms with Crippen molar-refractivity contribution in [1.82, 2.24) is 9.55 Å². The summed E-state index contributed by atoms with van der Waals surface area (Å²) in [6.07, 6.45) is 0. The van der Waals surface area contributed by atoms with E-state index in [4.69, 9.17) is 9.47 Å². The van der Waals surface area contributed by atoms with Gasteiger partial charge in [-0.3, -0.25) is 4.57 Å². The second-order valence-corrected chi connectivity index (χ2v) is 5.85. The van der Waals surface area contributed by atoms with E-state index >= 15 is 0 Å². The normalized spacial score (nSPS) is 15.8. The Balaban J connectivity index is 2.04. The second kappa shape index (κ2) is 5.73. The molecular formula is C19H17N3O3. The number of hydrogen-bond donors (Lipinski definition) is 0. The van der Waals surface area contributed by atoms with Crippen molar-refractivity contribution in [3.63, 3.8) is 0 Å². The van der Waals surface area contributed by atoms with Crippen LogP contribution in [0.5, 0.6) is 11.5 Å². The Hall–Kier alpha value is -3.15. The maximum Gasteiger partial charge on any atom is 0.350 e. The van der Waals surface area contributed by atoms with Crippen LogP contribution in [0.4, 0.5) is 5.82 Å². The molecule has 0 bridgehead atoms. The van der Waals surface area contributed by atoms with Crippen molar-refractivity contribution < 1.29 is 9.47 Å². The van der Waals surface area contributed by atoms with Gasteiger partial charge in [0, 0.05) is 11.1 Å². The molecule has 0 aliphatic carbocycles. The monoisotopic (exact) mass is 335 g/mol. The minimum atomic E-state index is -0.358. The second-order valence-electron chi connectivity index (χ2n) is 5.85. The number of hydrogen-bond acceptors (Lipinski definition) is 5. The topological polar surface area (TPSA) is 65.7 Å². The predicted octanol–water partition coefficient (Wildman–Crippen LogP) is 3.11. The zero-order chi connectivity index (χ0) is 17.6.